The molecule has 1 atom stereocenters. The summed E-state index contributed by atoms with van der Waals surface area (Å²) in [6.07, 6.45) is 2.66. The first-order chi connectivity index (χ1) is 12.6. The molecule has 6 heteroatoms. The van der Waals surface area contributed by atoms with Crippen molar-refractivity contribution in [3.05, 3.63) is 54.6 Å². The van der Waals surface area contributed by atoms with Gasteiger partial charge in [-0.05, 0) is 55.8 Å². The van der Waals surface area contributed by atoms with Crippen LogP contribution in [0.15, 0.2) is 54.6 Å². The standard InChI is InChI=1S/C20H23N3O3/c21-20(25)18-8-4-5-13-23(18)14-19(24)22-15-9-11-17(12-10-15)26-16-6-2-1-3-7-16/h1-3,6-7,9-12,18H,4-5,8,13-14H2,(H2,21,25)(H,22,24)/t18-/m0/s1. The minimum atomic E-state index is -0.361. The van der Waals surface area contributed by atoms with Crippen LogP contribution >= 0.6 is 0 Å². The van der Waals surface area contributed by atoms with E-state index in [9.17, 15) is 9.59 Å². The van der Waals surface area contributed by atoms with E-state index in [-0.39, 0.29) is 24.4 Å². The second kappa shape index (κ2) is 8.49. The van der Waals surface area contributed by atoms with Crippen molar-refractivity contribution in [1.82, 2.24) is 4.90 Å². The smallest absolute Gasteiger partial charge is 0.238 e. The summed E-state index contributed by atoms with van der Waals surface area (Å²) >= 11 is 0. The lowest BCUT2D eigenvalue weighted by Gasteiger charge is -2.32. The molecule has 0 radical (unpaired) electrons. The van der Waals surface area contributed by atoms with Gasteiger partial charge < -0.3 is 15.8 Å². The van der Waals surface area contributed by atoms with Crippen LogP contribution < -0.4 is 15.8 Å². The molecule has 0 aliphatic carbocycles. The van der Waals surface area contributed by atoms with Crippen molar-refractivity contribution in [2.75, 3.05) is 18.4 Å². The molecule has 3 N–H and O–H groups in total. The van der Waals surface area contributed by atoms with E-state index >= 15 is 0 Å². The number of carbonyl (C=O) groups is 2. The number of hydrogen-bond acceptors (Lipinski definition) is 4. The predicted molar refractivity (Wildman–Crippen MR) is 100.0 cm³/mol. The minimum absolute atomic E-state index is 0.158. The van der Waals surface area contributed by atoms with E-state index in [1.165, 1.54) is 0 Å². The molecule has 1 fully saturated rings. The van der Waals surface area contributed by atoms with Gasteiger partial charge in [0.05, 0.1) is 12.6 Å². The Morgan fingerprint density at radius 1 is 1.04 bits per heavy atom. The molecule has 0 bridgehead atoms. The molecule has 0 spiro atoms. The third-order valence-corrected chi connectivity index (χ3v) is 4.41. The molecule has 26 heavy (non-hydrogen) atoms. The second-order valence-corrected chi connectivity index (χ2v) is 6.37. The summed E-state index contributed by atoms with van der Waals surface area (Å²) in [6.45, 7) is 0.876. The van der Waals surface area contributed by atoms with Crippen LogP contribution in [0.5, 0.6) is 11.5 Å². The van der Waals surface area contributed by atoms with Gasteiger partial charge in [0.2, 0.25) is 11.8 Å². The number of likely N-dealkylation sites (tertiary alicyclic amines) is 1. The van der Waals surface area contributed by atoms with Gasteiger partial charge in [-0.2, -0.15) is 0 Å². The first-order valence-electron chi connectivity index (χ1n) is 8.78. The Hall–Kier alpha value is -2.86. The molecule has 0 saturated carbocycles. The van der Waals surface area contributed by atoms with Crippen molar-refractivity contribution in [2.24, 2.45) is 5.73 Å². The summed E-state index contributed by atoms with van der Waals surface area (Å²) in [6, 6.07) is 16.3. The van der Waals surface area contributed by atoms with E-state index < -0.39 is 0 Å². The highest BCUT2D eigenvalue weighted by atomic mass is 16.5. The lowest BCUT2D eigenvalue weighted by Crippen LogP contribution is -2.50. The van der Waals surface area contributed by atoms with Crippen LogP contribution in [0.3, 0.4) is 0 Å². The number of para-hydroxylation sites is 1. The van der Waals surface area contributed by atoms with Gasteiger partial charge in [0, 0.05) is 5.69 Å². The Morgan fingerprint density at radius 3 is 2.42 bits per heavy atom. The molecule has 1 aliphatic rings. The maximum absolute atomic E-state index is 12.3. The molecule has 3 rings (SSSR count). The molecule has 2 aromatic rings. The monoisotopic (exact) mass is 353 g/mol. The Balaban J connectivity index is 1.55. The lowest BCUT2D eigenvalue weighted by atomic mass is 10.0. The van der Waals surface area contributed by atoms with Gasteiger partial charge >= 0.3 is 0 Å². The van der Waals surface area contributed by atoms with E-state index in [4.69, 9.17) is 10.5 Å². The van der Waals surface area contributed by atoms with E-state index in [2.05, 4.69) is 5.32 Å². The average molecular weight is 353 g/mol. The van der Waals surface area contributed by atoms with Crippen LogP contribution in [0, 0.1) is 0 Å². The van der Waals surface area contributed by atoms with E-state index in [0.29, 0.717) is 24.4 Å². The number of hydrogen-bond donors (Lipinski definition) is 2. The Morgan fingerprint density at radius 2 is 1.73 bits per heavy atom. The Kier molecular flexibility index (Phi) is 5.86. The number of ether oxygens (including phenoxy) is 1. The van der Waals surface area contributed by atoms with Gasteiger partial charge in [0.1, 0.15) is 11.5 Å². The van der Waals surface area contributed by atoms with Crippen molar-refractivity contribution < 1.29 is 14.3 Å². The van der Waals surface area contributed by atoms with Gasteiger partial charge in [-0.1, -0.05) is 24.6 Å². The van der Waals surface area contributed by atoms with Gasteiger partial charge in [0.15, 0.2) is 0 Å². The van der Waals surface area contributed by atoms with Crippen molar-refractivity contribution in [1.29, 1.82) is 0 Å². The number of amides is 2. The normalized spacial score (nSPS) is 17.5. The summed E-state index contributed by atoms with van der Waals surface area (Å²) in [5.74, 6) is 0.931. The Bertz CT molecular complexity index is 747. The van der Waals surface area contributed by atoms with Gasteiger partial charge in [-0.25, -0.2) is 0 Å². The first-order valence-corrected chi connectivity index (χ1v) is 8.78. The summed E-state index contributed by atoms with van der Waals surface area (Å²) in [5.41, 5.74) is 6.12. The fraction of sp³-hybridized carbons (Fsp3) is 0.300. The molecule has 0 unspecified atom stereocenters. The van der Waals surface area contributed by atoms with E-state index in [1.54, 1.807) is 24.3 Å². The average Bonchev–Trinajstić information content (AvgIpc) is 2.64. The molecular weight excluding hydrogens is 330 g/mol. The fourth-order valence-corrected chi connectivity index (χ4v) is 3.12. The molecule has 0 aromatic heterocycles. The number of rotatable bonds is 6. The summed E-state index contributed by atoms with van der Waals surface area (Å²) in [5, 5.41) is 2.85. The predicted octanol–water partition coefficient (Wildman–Crippen LogP) is 2.76. The number of benzene rings is 2. The maximum Gasteiger partial charge on any atom is 0.238 e. The molecule has 2 aromatic carbocycles. The number of piperidine rings is 1. The van der Waals surface area contributed by atoms with E-state index in [0.717, 1.165) is 18.6 Å². The third-order valence-electron chi connectivity index (χ3n) is 4.41. The first kappa shape index (κ1) is 17.9. The maximum atomic E-state index is 12.3. The summed E-state index contributed by atoms with van der Waals surface area (Å²) in [7, 11) is 0. The number of anilines is 1. The largest absolute Gasteiger partial charge is 0.457 e. The molecule has 6 nitrogen and oxygen atoms in total. The molecule has 2 amide bonds. The topological polar surface area (TPSA) is 84.7 Å². The highest BCUT2D eigenvalue weighted by Gasteiger charge is 2.28. The van der Waals surface area contributed by atoms with Crippen molar-refractivity contribution in [3.8, 4) is 11.5 Å². The van der Waals surface area contributed by atoms with Gasteiger partial charge in [-0.15, -0.1) is 0 Å². The number of carbonyl (C=O) groups excluding carboxylic acids is 2. The van der Waals surface area contributed by atoms with Crippen LogP contribution in [0.4, 0.5) is 5.69 Å². The molecule has 1 aliphatic heterocycles. The zero-order chi connectivity index (χ0) is 18.4. The molecule has 1 saturated heterocycles. The summed E-state index contributed by atoms with van der Waals surface area (Å²) < 4.78 is 5.73. The SMILES string of the molecule is NC(=O)[C@@H]1CCCCN1CC(=O)Nc1ccc(Oc2ccccc2)cc1. The van der Waals surface area contributed by atoms with Crippen molar-refractivity contribution in [3.63, 3.8) is 0 Å². The molecule has 136 valence electrons. The minimum Gasteiger partial charge on any atom is -0.457 e. The quantitative estimate of drug-likeness (QED) is 0.836. The highest BCUT2D eigenvalue weighted by Crippen LogP contribution is 2.23. The van der Waals surface area contributed by atoms with Crippen LogP contribution in [0.2, 0.25) is 0 Å². The van der Waals surface area contributed by atoms with Crippen LogP contribution in [0.25, 0.3) is 0 Å². The van der Waals surface area contributed by atoms with Crippen LogP contribution in [-0.2, 0) is 9.59 Å². The van der Waals surface area contributed by atoms with E-state index in [1.807, 2.05) is 35.2 Å². The van der Waals surface area contributed by atoms with Crippen molar-refractivity contribution in [2.45, 2.75) is 25.3 Å². The van der Waals surface area contributed by atoms with Crippen LogP contribution in [0.1, 0.15) is 19.3 Å². The molecule has 1 heterocycles. The fourth-order valence-electron chi connectivity index (χ4n) is 3.12. The Labute approximate surface area is 152 Å². The number of nitrogens with zero attached hydrogens (tertiary/aromatic N) is 1. The lowest BCUT2D eigenvalue weighted by molar-refractivity contribution is -0.126. The summed E-state index contributed by atoms with van der Waals surface area (Å²) in [4.78, 5) is 25.7. The van der Waals surface area contributed by atoms with Gasteiger partial charge in [0.25, 0.3) is 0 Å². The number of primary amides is 1. The highest BCUT2D eigenvalue weighted by molar-refractivity contribution is 5.92. The zero-order valence-electron chi connectivity index (χ0n) is 14.6. The van der Waals surface area contributed by atoms with Crippen molar-refractivity contribution >= 4 is 17.5 Å². The number of nitrogens with one attached hydrogen (secondary N) is 1. The zero-order valence-corrected chi connectivity index (χ0v) is 14.6. The molecular formula is C20H23N3O3. The van der Waals surface area contributed by atoms with Gasteiger partial charge in [-0.3, -0.25) is 14.5 Å². The van der Waals surface area contributed by atoms with Crippen LogP contribution in [-0.4, -0.2) is 35.8 Å². The number of nitrogens with two attached hydrogens (primary N) is 1. The third kappa shape index (κ3) is 4.83. The second-order valence-electron chi connectivity index (χ2n) is 6.37.